The smallest absolute Gasteiger partial charge is 0.326 e. The van der Waals surface area contributed by atoms with Gasteiger partial charge in [-0.15, -0.1) is 0 Å². The minimum Gasteiger partial charge on any atom is -0.481 e. The topological polar surface area (TPSA) is 94.9 Å². The van der Waals surface area contributed by atoms with Gasteiger partial charge < -0.3 is 15.1 Å². The SMILES string of the molecule is CC(C(=O)O)N(CCC(=O)O)C(=O)C1CC1. The van der Waals surface area contributed by atoms with Gasteiger partial charge in [0.15, 0.2) is 0 Å². The molecule has 0 saturated heterocycles. The van der Waals surface area contributed by atoms with Gasteiger partial charge in [-0.3, -0.25) is 9.59 Å². The second kappa shape index (κ2) is 4.96. The summed E-state index contributed by atoms with van der Waals surface area (Å²) in [6.45, 7) is 1.35. The number of aliphatic carboxylic acids is 2. The fourth-order valence-corrected chi connectivity index (χ4v) is 1.41. The molecule has 1 aliphatic rings. The molecule has 1 aliphatic carbocycles. The molecule has 0 aromatic heterocycles. The minimum absolute atomic E-state index is 0.0435. The van der Waals surface area contributed by atoms with Gasteiger partial charge >= 0.3 is 11.9 Å². The summed E-state index contributed by atoms with van der Waals surface area (Å²) in [6.07, 6.45) is 1.32. The maximum absolute atomic E-state index is 11.7. The number of nitrogens with zero attached hydrogens (tertiary/aromatic N) is 1. The fourth-order valence-electron chi connectivity index (χ4n) is 1.41. The Balaban J connectivity index is 2.63. The molecule has 0 bridgehead atoms. The zero-order valence-corrected chi connectivity index (χ0v) is 9.05. The number of rotatable bonds is 6. The van der Waals surface area contributed by atoms with E-state index in [0.29, 0.717) is 0 Å². The first-order valence-electron chi connectivity index (χ1n) is 5.18. The Morgan fingerprint density at radius 3 is 2.25 bits per heavy atom. The lowest BCUT2D eigenvalue weighted by Gasteiger charge is -2.25. The molecular formula is C10H15NO5. The summed E-state index contributed by atoms with van der Waals surface area (Å²) in [6, 6.07) is -0.965. The van der Waals surface area contributed by atoms with Crippen molar-refractivity contribution >= 4 is 17.8 Å². The molecule has 6 nitrogen and oxygen atoms in total. The Hall–Kier alpha value is -1.59. The number of carbonyl (C=O) groups is 3. The van der Waals surface area contributed by atoms with Gasteiger partial charge in [0.2, 0.25) is 5.91 Å². The molecule has 1 rings (SSSR count). The molecule has 1 amide bonds. The molecule has 0 heterocycles. The molecule has 2 N–H and O–H groups in total. The van der Waals surface area contributed by atoms with Crippen molar-refractivity contribution in [3.8, 4) is 0 Å². The highest BCUT2D eigenvalue weighted by Gasteiger charge is 2.36. The van der Waals surface area contributed by atoms with Gasteiger partial charge in [0, 0.05) is 12.5 Å². The standard InChI is InChI=1S/C10H15NO5/c1-6(10(15)16)11(5-4-8(12)13)9(14)7-2-3-7/h6-7H,2-5H2,1H3,(H,12,13)(H,15,16). The lowest BCUT2D eigenvalue weighted by molar-refractivity contribution is -0.151. The van der Waals surface area contributed by atoms with Crippen LogP contribution in [0, 0.1) is 5.92 Å². The van der Waals surface area contributed by atoms with Crippen molar-refractivity contribution in [1.29, 1.82) is 0 Å². The highest BCUT2D eigenvalue weighted by Crippen LogP contribution is 2.31. The Kier molecular flexibility index (Phi) is 3.87. The predicted molar refractivity (Wildman–Crippen MR) is 53.8 cm³/mol. The largest absolute Gasteiger partial charge is 0.481 e. The normalized spacial score (nSPS) is 16.6. The maximum Gasteiger partial charge on any atom is 0.326 e. The average molecular weight is 229 g/mol. The number of hydrogen-bond acceptors (Lipinski definition) is 3. The lowest BCUT2D eigenvalue weighted by Crippen LogP contribution is -2.45. The third-order valence-corrected chi connectivity index (χ3v) is 2.60. The van der Waals surface area contributed by atoms with Crippen molar-refractivity contribution in [1.82, 2.24) is 4.90 Å². The highest BCUT2D eigenvalue weighted by atomic mass is 16.4. The first-order chi connectivity index (χ1) is 7.43. The van der Waals surface area contributed by atoms with Crippen molar-refractivity contribution in [2.75, 3.05) is 6.54 Å². The monoisotopic (exact) mass is 229 g/mol. The van der Waals surface area contributed by atoms with Gasteiger partial charge in [0.1, 0.15) is 6.04 Å². The minimum atomic E-state index is -1.11. The molecule has 1 unspecified atom stereocenters. The molecule has 1 fully saturated rings. The van der Waals surface area contributed by atoms with E-state index in [2.05, 4.69) is 0 Å². The quantitative estimate of drug-likeness (QED) is 0.677. The van der Waals surface area contributed by atoms with E-state index in [0.717, 1.165) is 17.7 Å². The second-order valence-corrected chi connectivity index (χ2v) is 3.96. The average Bonchev–Trinajstić information content (AvgIpc) is 2.99. The summed E-state index contributed by atoms with van der Waals surface area (Å²) >= 11 is 0. The molecule has 1 atom stereocenters. The summed E-state index contributed by atoms with van der Waals surface area (Å²) in [5, 5.41) is 17.4. The number of carboxylic acid groups (broad SMARTS) is 2. The Labute approximate surface area is 92.9 Å². The molecule has 90 valence electrons. The van der Waals surface area contributed by atoms with E-state index in [-0.39, 0.29) is 24.8 Å². The van der Waals surface area contributed by atoms with Gasteiger partial charge in [-0.25, -0.2) is 4.79 Å². The molecule has 6 heteroatoms. The van der Waals surface area contributed by atoms with Crippen molar-refractivity contribution in [2.45, 2.75) is 32.2 Å². The van der Waals surface area contributed by atoms with Crippen molar-refractivity contribution < 1.29 is 24.6 Å². The van der Waals surface area contributed by atoms with Gasteiger partial charge in [0.05, 0.1) is 6.42 Å². The Morgan fingerprint density at radius 1 is 1.31 bits per heavy atom. The zero-order valence-electron chi connectivity index (χ0n) is 9.05. The van der Waals surface area contributed by atoms with Gasteiger partial charge in [0.25, 0.3) is 0 Å². The van der Waals surface area contributed by atoms with Crippen LogP contribution in [0.4, 0.5) is 0 Å². The van der Waals surface area contributed by atoms with E-state index in [9.17, 15) is 14.4 Å². The third kappa shape index (κ3) is 3.22. The van der Waals surface area contributed by atoms with Crippen molar-refractivity contribution in [3.05, 3.63) is 0 Å². The number of carbonyl (C=O) groups excluding carboxylic acids is 1. The molecule has 0 aliphatic heterocycles. The van der Waals surface area contributed by atoms with Crippen molar-refractivity contribution in [2.24, 2.45) is 5.92 Å². The van der Waals surface area contributed by atoms with Crippen LogP contribution >= 0.6 is 0 Å². The van der Waals surface area contributed by atoms with Crippen LogP contribution in [-0.2, 0) is 14.4 Å². The Bertz CT molecular complexity index is 310. The van der Waals surface area contributed by atoms with Crippen LogP contribution in [0.1, 0.15) is 26.2 Å². The third-order valence-electron chi connectivity index (χ3n) is 2.60. The van der Waals surface area contributed by atoms with Crippen molar-refractivity contribution in [3.63, 3.8) is 0 Å². The molecule has 0 spiro atoms. The molecule has 1 saturated carbocycles. The summed E-state index contributed by atoms with van der Waals surface area (Å²) in [7, 11) is 0. The van der Waals surface area contributed by atoms with Crippen LogP contribution < -0.4 is 0 Å². The second-order valence-electron chi connectivity index (χ2n) is 3.96. The van der Waals surface area contributed by atoms with Gasteiger partial charge in [-0.05, 0) is 19.8 Å². The summed E-state index contributed by atoms with van der Waals surface area (Å²) in [5.74, 6) is -2.49. The van der Waals surface area contributed by atoms with Gasteiger partial charge in [-0.1, -0.05) is 0 Å². The van der Waals surface area contributed by atoms with Crippen LogP contribution in [-0.4, -0.2) is 45.5 Å². The van der Waals surface area contributed by atoms with E-state index in [1.54, 1.807) is 0 Å². The molecule has 0 aromatic carbocycles. The molecule has 0 aromatic rings. The van der Waals surface area contributed by atoms with Crippen LogP contribution in [0.2, 0.25) is 0 Å². The van der Waals surface area contributed by atoms with E-state index >= 15 is 0 Å². The highest BCUT2D eigenvalue weighted by molar-refractivity contribution is 5.86. The number of amides is 1. The van der Waals surface area contributed by atoms with Gasteiger partial charge in [-0.2, -0.15) is 0 Å². The predicted octanol–water partition coefficient (Wildman–Crippen LogP) is 0.173. The van der Waals surface area contributed by atoms with E-state index in [1.807, 2.05) is 0 Å². The van der Waals surface area contributed by atoms with E-state index in [1.165, 1.54) is 6.92 Å². The van der Waals surface area contributed by atoms with Crippen LogP contribution in [0.15, 0.2) is 0 Å². The fraction of sp³-hybridized carbons (Fsp3) is 0.700. The first kappa shape index (κ1) is 12.5. The number of carboxylic acids is 2. The summed E-state index contributed by atoms with van der Waals surface area (Å²) in [4.78, 5) is 34.1. The molecular weight excluding hydrogens is 214 g/mol. The van der Waals surface area contributed by atoms with E-state index < -0.39 is 18.0 Å². The van der Waals surface area contributed by atoms with Crippen LogP contribution in [0.5, 0.6) is 0 Å². The molecule has 0 radical (unpaired) electrons. The van der Waals surface area contributed by atoms with Crippen LogP contribution in [0.25, 0.3) is 0 Å². The lowest BCUT2D eigenvalue weighted by atomic mass is 10.2. The number of hydrogen-bond donors (Lipinski definition) is 2. The van der Waals surface area contributed by atoms with Crippen LogP contribution in [0.3, 0.4) is 0 Å². The zero-order chi connectivity index (χ0) is 12.3. The Morgan fingerprint density at radius 2 is 1.88 bits per heavy atom. The summed E-state index contributed by atoms with van der Waals surface area (Å²) < 4.78 is 0. The first-order valence-corrected chi connectivity index (χ1v) is 5.18. The summed E-state index contributed by atoms with van der Waals surface area (Å²) in [5.41, 5.74) is 0. The van der Waals surface area contributed by atoms with E-state index in [4.69, 9.17) is 10.2 Å². The maximum atomic E-state index is 11.7. The molecule has 16 heavy (non-hydrogen) atoms.